The van der Waals surface area contributed by atoms with E-state index in [2.05, 4.69) is 20.2 Å². The van der Waals surface area contributed by atoms with Crippen LogP contribution < -0.4 is 15.0 Å². The fourth-order valence-electron chi connectivity index (χ4n) is 3.11. The molecule has 1 aromatic heterocycles. The SMILES string of the molecule is Cc1nc(OCCNC(=O)CCS(=O)(=O)c2ccccc2)cc(N2CCCC2)n1. The van der Waals surface area contributed by atoms with Gasteiger partial charge in [0, 0.05) is 25.6 Å². The Morgan fingerprint density at radius 1 is 1.17 bits per heavy atom. The fraction of sp³-hybridized carbons (Fsp3) is 0.450. The van der Waals surface area contributed by atoms with Crippen LogP contribution in [-0.2, 0) is 14.6 Å². The van der Waals surface area contributed by atoms with E-state index in [-0.39, 0.29) is 36.1 Å². The number of aromatic nitrogens is 2. The van der Waals surface area contributed by atoms with E-state index in [0.717, 1.165) is 31.7 Å². The predicted octanol–water partition coefficient (Wildman–Crippen LogP) is 1.74. The summed E-state index contributed by atoms with van der Waals surface area (Å²) in [4.78, 5) is 23.1. The molecule has 29 heavy (non-hydrogen) atoms. The number of hydrogen-bond acceptors (Lipinski definition) is 7. The van der Waals surface area contributed by atoms with E-state index >= 15 is 0 Å². The molecule has 0 unspecified atom stereocenters. The number of ether oxygens (including phenoxy) is 1. The van der Waals surface area contributed by atoms with Crippen LogP contribution in [-0.4, -0.2) is 56.3 Å². The Balaban J connectivity index is 1.42. The predicted molar refractivity (Wildman–Crippen MR) is 110 cm³/mol. The highest BCUT2D eigenvalue weighted by molar-refractivity contribution is 7.91. The quantitative estimate of drug-likeness (QED) is 0.619. The molecule has 9 heteroatoms. The molecular formula is C20H26N4O4S. The number of rotatable bonds is 9. The van der Waals surface area contributed by atoms with Gasteiger partial charge in [-0.1, -0.05) is 18.2 Å². The van der Waals surface area contributed by atoms with E-state index in [4.69, 9.17) is 4.74 Å². The average Bonchev–Trinajstić information content (AvgIpc) is 3.25. The van der Waals surface area contributed by atoms with Gasteiger partial charge in [-0.05, 0) is 31.9 Å². The Morgan fingerprint density at radius 2 is 1.90 bits per heavy atom. The third kappa shape index (κ3) is 6.15. The van der Waals surface area contributed by atoms with Crippen LogP contribution in [0, 0.1) is 6.92 Å². The van der Waals surface area contributed by atoms with Gasteiger partial charge < -0.3 is 15.0 Å². The summed E-state index contributed by atoms with van der Waals surface area (Å²) in [7, 11) is -3.46. The van der Waals surface area contributed by atoms with Gasteiger partial charge >= 0.3 is 0 Å². The first-order chi connectivity index (χ1) is 13.9. The molecule has 1 aliphatic heterocycles. The Morgan fingerprint density at radius 3 is 2.62 bits per heavy atom. The summed E-state index contributed by atoms with van der Waals surface area (Å²) in [6, 6.07) is 9.94. The van der Waals surface area contributed by atoms with Crippen molar-refractivity contribution in [3.8, 4) is 5.88 Å². The van der Waals surface area contributed by atoms with Gasteiger partial charge in [-0.3, -0.25) is 4.79 Å². The summed E-state index contributed by atoms with van der Waals surface area (Å²) in [6.45, 7) is 4.30. The number of carbonyl (C=O) groups excluding carboxylic acids is 1. The minimum absolute atomic E-state index is 0.0943. The normalized spacial score (nSPS) is 14.0. The van der Waals surface area contributed by atoms with Gasteiger partial charge in [-0.15, -0.1) is 0 Å². The van der Waals surface area contributed by atoms with Gasteiger partial charge in [0.15, 0.2) is 9.84 Å². The molecule has 1 N–H and O–H groups in total. The maximum atomic E-state index is 12.2. The van der Waals surface area contributed by atoms with Crippen molar-refractivity contribution in [3.05, 3.63) is 42.2 Å². The lowest BCUT2D eigenvalue weighted by molar-refractivity contribution is -0.120. The zero-order valence-electron chi connectivity index (χ0n) is 16.5. The molecule has 0 bridgehead atoms. The summed E-state index contributed by atoms with van der Waals surface area (Å²) >= 11 is 0. The first-order valence-electron chi connectivity index (χ1n) is 9.72. The summed E-state index contributed by atoms with van der Waals surface area (Å²) in [6.07, 6.45) is 2.22. The third-order valence-corrected chi connectivity index (χ3v) is 6.34. The molecule has 3 rings (SSSR count). The van der Waals surface area contributed by atoms with Crippen molar-refractivity contribution < 1.29 is 17.9 Å². The van der Waals surface area contributed by atoms with E-state index in [9.17, 15) is 13.2 Å². The largest absolute Gasteiger partial charge is 0.476 e. The smallest absolute Gasteiger partial charge is 0.221 e. The van der Waals surface area contributed by atoms with Gasteiger partial charge in [0.2, 0.25) is 11.8 Å². The van der Waals surface area contributed by atoms with E-state index < -0.39 is 9.84 Å². The number of hydrogen-bond donors (Lipinski definition) is 1. The van der Waals surface area contributed by atoms with Crippen LogP contribution >= 0.6 is 0 Å². The van der Waals surface area contributed by atoms with Crippen molar-refractivity contribution in [2.45, 2.75) is 31.1 Å². The zero-order chi connectivity index (χ0) is 20.7. The molecular weight excluding hydrogens is 392 g/mol. The topological polar surface area (TPSA) is 101 Å². The highest BCUT2D eigenvalue weighted by Gasteiger charge is 2.17. The van der Waals surface area contributed by atoms with Crippen molar-refractivity contribution in [1.29, 1.82) is 0 Å². The van der Waals surface area contributed by atoms with Crippen molar-refractivity contribution in [1.82, 2.24) is 15.3 Å². The van der Waals surface area contributed by atoms with E-state index in [0.29, 0.717) is 11.7 Å². The lowest BCUT2D eigenvalue weighted by Gasteiger charge is -2.17. The first kappa shape index (κ1) is 21.0. The second-order valence-corrected chi connectivity index (χ2v) is 9.00. The molecule has 1 saturated heterocycles. The lowest BCUT2D eigenvalue weighted by atomic mass is 10.4. The number of benzene rings is 1. The molecule has 1 aliphatic rings. The highest BCUT2D eigenvalue weighted by atomic mass is 32.2. The number of aryl methyl sites for hydroxylation is 1. The maximum Gasteiger partial charge on any atom is 0.221 e. The maximum absolute atomic E-state index is 12.2. The van der Waals surface area contributed by atoms with Crippen LogP contribution in [0.3, 0.4) is 0 Å². The molecule has 8 nitrogen and oxygen atoms in total. The summed E-state index contributed by atoms with van der Waals surface area (Å²) in [5, 5.41) is 2.68. The molecule has 0 atom stereocenters. The van der Waals surface area contributed by atoms with E-state index in [1.807, 2.05) is 13.0 Å². The standard InChI is InChI=1S/C20H26N4O4S/c1-16-22-18(24-11-5-6-12-24)15-20(23-16)28-13-10-21-19(25)9-14-29(26,27)17-7-3-2-4-8-17/h2-4,7-8,15H,5-6,9-14H2,1H3,(H,21,25). The van der Waals surface area contributed by atoms with Gasteiger partial charge in [0.25, 0.3) is 0 Å². The van der Waals surface area contributed by atoms with Crippen molar-refractivity contribution in [3.63, 3.8) is 0 Å². The van der Waals surface area contributed by atoms with Crippen molar-refractivity contribution in [2.75, 3.05) is 36.9 Å². The number of nitrogens with one attached hydrogen (secondary N) is 1. The molecule has 1 fully saturated rings. The summed E-state index contributed by atoms with van der Waals surface area (Å²) in [5.74, 6) is 1.42. The molecule has 0 saturated carbocycles. The van der Waals surface area contributed by atoms with Gasteiger partial charge in [-0.2, -0.15) is 4.98 Å². The molecule has 1 amide bonds. The van der Waals surface area contributed by atoms with Crippen molar-refractivity contribution in [2.24, 2.45) is 0 Å². The monoisotopic (exact) mass is 418 g/mol. The summed E-state index contributed by atoms with van der Waals surface area (Å²) < 4.78 is 30.0. The molecule has 2 heterocycles. The highest BCUT2D eigenvalue weighted by Crippen LogP contribution is 2.21. The molecule has 2 aromatic rings. The Hall–Kier alpha value is -2.68. The number of carbonyl (C=O) groups is 1. The van der Waals surface area contributed by atoms with Gasteiger partial charge in [0.1, 0.15) is 18.2 Å². The second kappa shape index (κ2) is 9.69. The molecule has 1 aromatic carbocycles. The Bertz CT molecular complexity index is 929. The minimum Gasteiger partial charge on any atom is -0.476 e. The van der Waals surface area contributed by atoms with Gasteiger partial charge in [-0.25, -0.2) is 13.4 Å². The van der Waals surface area contributed by atoms with Gasteiger partial charge in [0.05, 0.1) is 17.2 Å². The molecule has 0 radical (unpaired) electrons. The Labute approximate surface area is 171 Å². The Kier molecular flexibility index (Phi) is 7.03. The first-order valence-corrected chi connectivity index (χ1v) is 11.4. The minimum atomic E-state index is -3.46. The number of amides is 1. The van der Waals surface area contributed by atoms with Crippen LogP contribution in [0.4, 0.5) is 5.82 Å². The van der Waals surface area contributed by atoms with E-state index in [1.165, 1.54) is 12.1 Å². The molecule has 0 spiro atoms. The van der Waals surface area contributed by atoms with Crippen LogP contribution in [0.25, 0.3) is 0 Å². The number of sulfone groups is 1. The molecule has 0 aliphatic carbocycles. The van der Waals surface area contributed by atoms with Crippen LogP contribution in [0.15, 0.2) is 41.3 Å². The average molecular weight is 419 g/mol. The third-order valence-electron chi connectivity index (χ3n) is 4.61. The van der Waals surface area contributed by atoms with Crippen molar-refractivity contribution >= 4 is 21.6 Å². The lowest BCUT2D eigenvalue weighted by Crippen LogP contribution is -2.29. The molecule has 156 valence electrons. The number of anilines is 1. The zero-order valence-corrected chi connectivity index (χ0v) is 17.3. The summed E-state index contributed by atoms with van der Waals surface area (Å²) in [5.41, 5.74) is 0. The van der Waals surface area contributed by atoms with Crippen LogP contribution in [0.1, 0.15) is 25.1 Å². The number of nitrogens with zero attached hydrogens (tertiary/aromatic N) is 3. The van der Waals surface area contributed by atoms with Crippen LogP contribution in [0.2, 0.25) is 0 Å². The van der Waals surface area contributed by atoms with E-state index in [1.54, 1.807) is 18.2 Å². The van der Waals surface area contributed by atoms with Crippen LogP contribution in [0.5, 0.6) is 5.88 Å². The second-order valence-electron chi connectivity index (χ2n) is 6.89. The fourth-order valence-corrected chi connectivity index (χ4v) is 4.38.